The van der Waals surface area contributed by atoms with Crippen molar-refractivity contribution in [3.05, 3.63) is 0 Å². The minimum absolute atomic E-state index is 0.255. The summed E-state index contributed by atoms with van der Waals surface area (Å²) in [6.45, 7) is 0.418. The molecule has 1 fully saturated rings. The minimum Gasteiger partial charge on any atom is -0.386 e. The topological polar surface area (TPSA) is 112 Å². The van der Waals surface area contributed by atoms with Gasteiger partial charge in [-0.05, 0) is 6.42 Å². The third kappa shape index (κ3) is 2.63. The fraction of sp³-hybridized carbons (Fsp3) is 0.857. The van der Waals surface area contributed by atoms with Crippen molar-refractivity contribution in [2.75, 3.05) is 6.54 Å². The minimum atomic E-state index is -1.22. The Kier molecular flexibility index (Phi) is 3.61. The Morgan fingerprint density at radius 1 is 1.62 bits per heavy atom. The SMILES string of the molecule is N=CNC[C@@H]1CC(N)C(O)[C@H](O)O1. The largest absolute Gasteiger partial charge is 0.386 e. The second kappa shape index (κ2) is 4.52. The Labute approximate surface area is 76.2 Å². The van der Waals surface area contributed by atoms with Crippen molar-refractivity contribution < 1.29 is 14.9 Å². The maximum absolute atomic E-state index is 9.22. The lowest BCUT2D eigenvalue weighted by Gasteiger charge is -2.34. The lowest BCUT2D eigenvalue weighted by molar-refractivity contribution is -0.218. The Bertz CT molecular complexity index is 166. The van der Waals surface area contributed by atoms with Gasteiger partial charge in [-0.1, -0.05) is 0 Å². The molecule has 1 aliphatic heterocycles. The van der Waals surface area contributed by atoms with Crippen LogP contribution in [0, 0.1) is 5.41 Å². The Morgan fingerprint density at radius 3 is 2.85 bits per heavy atom. The summed E-state index contributed by atoms with van der Waals surface area (Å²) >= 11 is 0. The van der Waals surface area contributed by atoms with Crippen LogP contribution in [0.1, 0.15) is 6.42 Å². The molecule has 1 aliphatic rings. The second-order valence-electron chi connectivity index (χ2n) is 3.09. The van der Waals surface area contributed by atoms with Crippen LogP contribution in [0.25, 0.3) is 0 Å². The van der Waals surface area contributed by atoms with Crippen molar-refractivity contribution in [2.45, 2.75) is 31.0 Å². The molecule has 6 heteroatoms. The van der Waals surface area contributed by atoms with Crippen LogP contribution in [0.4, 0.5) is 0 Å². The normalized spacial score (nSPS) is 39.9. The van der Waals surface area contributed by atoms with Crippen molar-refractivity contribution in [3.8, 4) is 0 Å². The van der Waals surface area contributed by atoms with E-state index in [0.29, 0.717) is 13.0 Å². The molecule has 0 amide bonds. The first-order valence-corrected chi connectivity index (χ1v) is 4.14. The molecule has 0 spiro atoms. The van der Waals surface area contributed by atoms with Crippen LogP contribution >= 0.6 is 0 Å². The van der Waals surface area contributed by atoms with Gasteiger partial charge in [0.05, 0.1) is 12.4 Å². The zero-order valence-electron chi connectivity index (χ0n) is 7.18. The fourth-order valence-electron chi connectivity index (χ4n) is 1.31. The van der Waals surface area contributed by atoms with Gasteiger partial charge in [0, 0.05) is 12.6 Å². The van der Waals surface area contributed by atoms with Gasteiger partial charge in [0.2, 0.25) is 0 Å². The van der Waals surface area contributed by atoms with E-state index in [1.165, 1.54) is 0 Å². The first-order valence-electron chi connectivity index (χ1n) is 4.14. The maximum Gasteiger partial charge on any atom is 0.182 e. The molecule has 0 radical (unpaired) electrons. The van der Waals surface area contributed by atoms with Crippen LogP contribution in [0.5, 0.6) is 0 Å². The average Bonchev–Trinajstić information content (AvgIpc) is 2.10. The number of rotatable bonds is 3. The summed E-state index contributed by atoms with van der Waals surface area (Å²) in [6, 6.07) is -0.471. The number of hydrogen-bond acceptors (Lipinski definition) is 5. The Hall–Kier alpha value is -0.690. The molecule has 4 atom stereocenters. The molecular formula is C7H15N3O3. The summed E-state index contributed by atoms with van der Waals surface area (Å²) in [6.07, 6.45) is -0.974. The summed E-state index contributed by atoms with van der Waals surface area (Å²) in [5.41, 5.74) is 5.56. The molecule has 76 valence electrons. The van der Waals surface area contributed by atoms with E-state index < -0.39 is 18.4 Å². The highest BCUT2D eigenvalue weighted by molar-refractivity contribution is 5.49. The highest BCUT2D eigenvalue weighted by Gasteiger charge is 2.33. The van der Waals surface area contributed by atoms with E-state index in [9.17, 15) is 10.2 Å². The number of ether oxygens (including phenoxy) is 1. The highest BCUT2D eigenvalue weighted by atomic mass is 16.6. The summed E-state index contributed by atoms with van der Waals surface area (Å²) in [4.78, 5) is 0. The van der Waals surface area contributed by atoms with E-state index in [2.05, 4.69) is 5.32 Å². The average molecular weight is 189 g/mol. The van der Waals surface area contributed by atoms with Gasteiger partial charge in [0.1, 0.15) is 6.10 Å². The first-order chi connectivity index (χ1) is 6.15. The third-order valence-corrected chi connectivity index (χ3v) is 2.05. The van der Waals surface area contributed by atoms with Crippen molar-refractivity contribution in [1.82, 2.24) is 5.32 Å². The standard InChI is InChI=1S/C7H15N3O3/c8-3-10-2-4-1-5(9)6(11)7(12)13-4/h3-7,11-12H,1-2,9H2,(H2,8,10)/t4-,5?,6?,7+/m0/s1. The predicted octanol–water partition coefficient (Wildman–Crippen LogP) is -2.02. The molecule has 0 aromatic rings. The summed E-state index contributed by atoms with van der Waals surface area (Å²) in [5, 5.41) is 27.8. The molecular weight excluding hydrogens is 174 g/mol. The molecule has 6 N–H and O–H groups in total. The zero-order valence-corrected chi connectivity index (χ0v) is 7.18. The Balaban J connectivity index is 2.39. The molecule has 0 bridgehead atoms. The molecule has 0 saturated carbocycles. The number of nitrogens with two attached hydrogens (primary N) is 1. The first kappa shape index (κ1) is 10.4. The van der Waals surface area contributed by atoms with Crippen molar-refractivity contribution >= 4 is 6.34 Å². The lowest BCUT2D eigenvalue weighted by Crippen LogP contribution is -2.54. The molecule has 2 unspecified atom stereocenters. The van der Waals surface area contributed by atoms with Crippen LogP contribution in [0.15, 0.2) is 0 Å². The second-order valence-corrected chi connectivity index (χ2v) is 3.09. The molecule has 13 heavy (non-hydrogen) atoms. The Morgan fingerprint density at radius 2 is 2.31 bits per heavy atom. The zero-order chi connectivity index (χ0) is 9.84. The van der Waals surface area contributed by atoms with Gasteiger partial charge in [-0.25, -0.2) is 0 Å². The van der Waals surface area contributed by atoms with E-state index in [4.69, 9.17) is 15.9 Å². The van der Waals surface area contributed by atoms with Gasteiger partial charge in [-0.15, -0.1) is 0 Å². The summed E-state index contributed by atoms with van der Waals surface area (Å²) in [7, 11) is 0. The summed E-state index contributed by atoms with van der Waals surface area (Å²) < 4.78 is 5.03. The monoisotopic (exact) mass is 189 g/mol. The van der Waals surface area contributed by atoms with Crippen LogP contribution in [-0.4, -0.2) is 47.6 Å². The van der Waals surface area contributed by atoms with E-state index >= 15 is 0 Å². The highest BCUT2D eigenvalue weighted by Crippen LogP contribution is 2.16. The van der Waals surface area contributed by atoms with Gasteiger partial charge in [0.15, 0.2) is 6.29 Å². The van der Waals surface area contributed by atoms with E-state index in [0.717, 1.165) is 6.34 Å². The molecule has 0 aliphatic carbocycles. The van der Waals surface area contributed by atoms with Gasteiger partial charge >= 0.3 is 0 Å². The van der Waals surface area contributed by atoms with Gasteiger partial charge in [-0.3, -0.25) is 5.41 Å². The van der Waals surface area contributed by atoms with E-state index in [1.54, 1.807) is 0 Å². The molecule has 1 heterocycles. The molecule has 0 aromatic carbocycles. The molecule has 0 aromatic heterocycles. The number of aliphatic hydroxyl groups is 2. The van der Waals surface area contributed by atoms with Gasteiger partial charge < -0.3 is 26.0 Å². The van der Waals surface area contributed by atoms with Crippen molar-refractivity contribution in [1.29, 1.82) is 5.41 Å². The summed E-state index contributed by atoms with van der Waals surface area (Å²) in [5.74, 6) is 0. The van der Waals surface area contributed by atoms with Crippen molar-refractivity contribution in [3.63, 3.8) is 0 Å². The third-order valence-electron chi connectivity index (χ3n) is 2.05. The molecule has 1 rings (SSSR count). The predicted molar refractivity (Wildman–Crippen MR) is 46.3 cm³/mol. The smallest absolute Gasteiger partial charge is 0.182 e. The fourth-order valence-corrected chi connectivity index (χ4v) is 1.31. The van der Waals surface area contributed by atoms with Gasteiger partial charge in [-0.2, -0.15) is 0 Å². The van der Waals surface area contributed by atoms with Crippen LogP contribution in [0.3, 0.4) is 0 Å². The molecule has 1 saturated heterocycles. The number of aliphatic hydroxyl groups excluding tert-OH is 2. The van der Waals surface area contributed by atoms with Crippen LogP contribution < -0.4 is 11.1 Å². The molecule has 6 nitrogen and oxygen atoms in total. The van der Waals surface area contributed by atoms with Crippen molar-refractivity contribution in [2.24, 2.45) is 5.73 Å². The van der Waals surface area contributed by atoms with Crippen LogP contribution in [0.2, 0.25) is 0 Å². The van der Waals surface area contributed by atoms with E-state index in [-0.39, 0.29) is 6.10 Å². The van der Waals surface area contributed by atoms with E-state index in [1.807, 2.05) is 0 Å². The maximum atomic E-state index is 9.22. The quantitative estimate of drug-likeness (QED) is 0.260. The number of hydrogen-bond donors (Lipinski definition) is 5. The lowest BCUT2D eigenvalue weighted by atomic mass is 10.0. The number of nitrogens with one attached hydrogen (secondary N) is 2. The van der Waals surface area contributed by atoms with Gasteiger partial charge in [0.25, 0.3) is 0 Å². The van der Waals surface area contributed by atoms with Crippen LogP contribution in [-0.2, 0) is 4.74 Å².